The van der Waals surface area contributed by atoms with Crippen molar-refractivity contribution < 1.29 is 55.7 Å². The van der Waals surface area contributed by atoms with Crippen LogP contribution in [0.1, 0.15) is 26.2 Å². The quantitative estimate of drug-likeness (QED) is 0.443. The molecule has 0 spiro atoms. The Morgan fingerprint density at radius 3 is 2.14 bits per heavy atom. The smallest absolute Gasteiger partial charge is 0.743 e. The third-order valence-electron chi connectivity index (χ3n) is 1.51. The van der Waals surface area contributed by atoms with Gasteiger partial charge in [-0.2, -0.15) is 8.78 Å². The van der Waals surface area contributed by atoms with Crippen LogP contribution >= 0.6 is 0 Å². The van der Waals surface area contributed by atoms with E-state index in [2.05, 4.69) is 0 Å². The fraction of sp³-hybridized carbons (Fsp3) is 1.00. The minimum Gasteiger partial charge on any atom is -0.743 e. The molecule has 0 saturated heterocycles. The molecule has 3 nitrogen and oxygen atoms in total. The Morgan fingerprint density at radius 1 is 1.43 bits per heavy atom. The van der Waals surface area contributed by atoms with E-state index >= 15 is 0 Å². The normalized spacial score (nSPS) is 14.6. The predicted molar refractivity (Wildman–Crippen MR) is 39.1 cm³/mol. The van der Waals surface area contributed by atoms with E-state index < -0.39 is 28.0 Å². The van der Waals surface area contributed by atoms with E-state index in [-0.39, 0.29) is 36.0 Å². The van der Waals surface area contributed by atoms with E-state index in [9.17, 15) is 26.1 Å². The van der Waals surface area contributed by atoms with Crippen molar-refractivity contribution >= 4 is 10.1 Å². The van der Waals surface area contributed by atoms with Crippen molar-refractivity contribution in [3.63, 3.8) is 0 Å². The zero-order chi connectivity index (χ0) is 10.7. The van der Waals surface area contributed by atoms with Crippen molar-refractivity contribution in [2.24, 2.45) is 0 Å². The van der Waals surface area contributed by atoms with E-state index in [0.29, 0.717) is 6.42 Å². The van der Waals surface area contributed by atoms with Crippen LogP contribution in [0.15, 0.2) is 0 Å². The molecule has 0 aliphatic carbocycles. The maximum absolute atomic E-state index is 12.5. The first-order valence-electron chi connectivity index (χ1n) is 3.70. The third-order valence-corrected chi connectivity index (χ3v) is 2.43. The summed E-state index contributed by atoms with van der Waals surface area (Å²) in [4.78, 5) is 0. The van der Waals surface area contributed by atoms with E-state index in [1.165, 1.54) is 0 Å². The van der Waals surface area contributed by atoms with Gasteiger partial charge in [0.15, 0.2) is 16.3 Å². The second-order valence-corrected chi connectivity index (χ2v) is 4.08. The fourth-order valence-corrected chi connectivity index (χ4v) is 1.14. The van der Waals surface area contributed by atoms with Crippen LogP contribution in [-0.4, -0.2) is 24.4 Å². The zero-order valence-corrected chi connectivity index (χ0v) is 10.8. The standard InChI is InChI=1S/C6H11F3O3S.Na/c1-2-3-4-5(7)6(8,9)13(10,11)12;/h5H,2-4H2,1H3,(H,10,11,12);/q;+1/p-1. The summed E-state index contributed by atoms with van der Waals surface area (Å²) < 4.78 is 67.0. The van der Waals surface area contributed by atoms with Gasteiger partial charge in [0.25, 0.3) is 0 Å². The average molecular weight is 242 g/mol. The van der Waals surface area contributed by atoms with Gasteiger partial charge in [-0.15, -0.1) is 0 Å². The minimum absolute atomic E-state index is 0. The van der Waals surface area contributed by atoms with E-state index in [1.807, 2.05) is 0 Å². The molecule has 1 unspecified atom stereocenters. The van der Waals surface area contributed by atoms with Gasteiger partial charge in [-0.05, 0) is 6.42 Å². The number of halogens is 3. The van der Waals surface area contributed by atoms with Crippen molar-refractivity contribution in [1.29, 1.82) is 0 Å². The van der Waals surface area contributed by atoms with Crippen LogP contribution in [0.25, 0.3) is 0 Å². The molecule has 0 aliphatic heterocycles. The van der Waals surface area contributed by atoms with Gasteiger partial charge in [-0.3, -0.25) is 0 Å². The first kappa shape index (κ1) is 17.1. The van der Waals surface area contributed by atoms with E-state index in [0.717, 1.165) is 0 Å². The molecule has 0 saturated carbocycles. The van der Waals surface area contributed by atoms with Crippen LogP contribution in [0.4, 0.5) is 13.2 Å². The predicted octanol–water partition coefficient (Wildman–Crippen LogP) is -1.34. The maximum atomic E-state index is 12.5. The molecule has 0 aromatic heterocycles. The van der Waals surface area contributed by atoms with Crippen molar-refractivity contribution in [3.8, 4) is 0 Å². The first-order valence-corrected chi connectivity index (χ1v) is 5.11. The number of hydrogen-bond acceptors (Lipinski definition) is 3. The molecule has 0 rings (SSSR count). The second kappa shape index (κ2) is 6.32. The fourth-order valence-electron chi connectivity index (χ4n) is 0.708. The molecule has 80 valence electrons. The van der Waals surface area contributed by atoms with Gasteiger partial charge < -0.3 is 4.55 Å². The molecule has 0 bridgehead atoms. The van der Waals surface area contributed by atoms with Gasteiger partial charge in [0.05, 0.1) is 0 Å². The molecule has 0 amide bonds. The summed E-state index contributed by atoms with van der Waals surface area (Å²) in [5.41, 5.74) is 0. The number of hydrogen-bond donors (Lipinski definition) is 0. The van der Waals surface area contributed by atoms with Crippen molar-refractivity contribution in [1.82, 2.24) is 0 Å². The average Bonchev–Trinajstić information content (AvgIpc) is 1.97. The molecule has 0 heterocycles. The van der Waals surface area contributed by atoms with Gasteiger partial charge in [-0.25, -0.2) is 12.8 Å². The molecule has 0 N–H and O–H groups in total. The molecule has 0 aliphatic rings. The van der Waals surface area contributed by atoms with Crippen molar-refractivity contribution in [3.05, 3.63) is 0 Å². The summed E-state index contributed by atoms with van der Waals surface area (Å²) in [6, 6.07) is 0. The number of rotatable bonds is 5. The first-order chi connectivity index (χ1) is 5.73. The molecule has 0 aromatic carbocycles. The largest absolute Gasteiger partial charge is 1.00 e. The Hall–Kier alpha value is 0.700. The summed E-state index contributed by atoms with van der Waals surface area (Å²) in [6.45, 7) is 1.64. The molecule has 0 fully saturated rings. The Balaban J connectivity index is 0. The summed E-state index contributed by atoms with van der Waals surface area (Å²) in [7, 11) is -5.89. The van der Waals surface area contributed by atoms with Gasteiger partial charge in [-0.1, -0.05) is 19.8 Å². The summed E-state index contributed by atoms with van der Waals surface area (Å²) in [5, 5.41) is -4.80. The molecule has 14 heavy (non-hydrogen) atoms. The van der Waals surface area contributed by atoms with Crippen LogP contribution in [0.5, 0.6) is 0 Å². The summed E-state index contributed by atoms with van der Waals surface area (Å²) in [5.74, 6) is 0. The van der Waals surface area contributed by atoms with Gasteiger partial charge >= 0.3 is 34.8 Å². The Morgan fingerprint density at radius 2 is 1.86 bits per heavy atom. The maximum Gasteiger partial charge on any atom is 1.00 e. The third kappa shape index (κ3) is 4.48. The van der Waals surface area contributed by atoms with Crippen LogP contribution in [0.2, 0.25) is 0 Å². The molecular weight excluding hydrogens is 232 g/mol. The monoisotopic (exact) mass is 242 g/mol. The summed E-state index contributed by atoms with van der Waals surface area (Å²) in [6.07, 6.45) is -2.96. The molecular formula is C6H10F3NaO3S. The van der Waals surface area contributed by atoms with Crippen LogP contribution in [-0.2, 0) is 10.1 Å². The second-order valence-electron chi connectivity index (χ2n) is 2.63. The van der Waals surface area contributed by atoms with Gasteiger partial charge in [0.1, 0.15) is 0 Å². The van der Waals surface area contributed by atoms with Crippen LogP contribution < -0.4 is 29.6 Å². The van der Waals surface area contributed by atoms with Crippen LogP contribution in [0, 0.1) is 0 Å². The molecule has 1 atom stereocenters. The Kier molecular flexibility index (Phi) is 7.72. The Bertz CT molecular complexity index is 255. The topological polar surface area (TPSA) is 57.2 Å². The van der Waals surface area contributed by atoms with Crippen molar-refractivity contribution in [2.75, 3.05) is 0 Å². The molecule has 0 radical (unpaired) electrons. The number of alkyl halides is 3. The van der Waals surface area contributed by atoms with Crippen LogP contribution in [0.3, 0.4) is 0 Å². The molecule has 8 heteroatoms. The van der Waals surface area contributed by atoms with E-state index in [4.69, 9.17) is 0 Å². The number of unbranched alkanes of at least 4 members (excludes halogenated alkanes) is 1. The molecule has 0 aromatic rings. The van der Waals surface area contributed by atoms with Gasteiger partial charge in [0, 0.05) is 0 Å². The minimum atomic E-state index is -5.89. The van der Waals surface area contributed by atoms with Crippen molar-refractivity contribution in [2.45, 2.75) is 37.6 Å². The zero-order valence-electron chi connectivity index (χ0n) is 7.97. The summed E-state index contributed by atoms with van der Waals surface area (Å²) >= 11 is 0. The van der Waals surface area contributed by atoms with Gasteiger partial charge in [0.2, 0.25) is 0 Å². The Labute approximate surface area is 103 Å². The SMILES string of the molecule is CCCCC(F)C(F)(F)S(=O)(=O)[O-].[Na+]. The van der Waals surface area contributed by atoms with E-state index in [1.54, 1.807) is 6.92 Å².